The number of carbonyl (C=O) groups excluding carboxylic acids is 3. The summed E-state index contributed by atoms with van der Waals surface area (Å²) in [6, 6.07) is 1.90. The molecule has 3 heterocycles. The number of esters is 1. The normalized spacial score (nSPS) is 10.8. The van der Waals surface area contributed by atoms with E-state index in [9.17, 15) is 14.4 Å². The minimum Gasteiger partial charge on any atom is -0.462 e. The molecule has 0 bridgehead atoms. The summed E-state index contributed by atoms with van der Waals surface area (Å²) in [6.45, 7) is 3.45. The lowest BCUT2D eigenvalue weighted by Gasteiger charge is -2.07. The van der Waals surface area contributed by atoms with Crippen LogP contribution in [0.1, 0.15) is 32.5 Å². The zero-order valence-corrected chi connectivity index (χ0v) is 17.4. The van der Waals surface area contributed by atoms with Crippen molar-refractivity contribution in [3.63, 3.8) is 0 Å². The predicted molar refractivity (Wildman–Crippen MR) is 110 cm³/mol. The number of thioether (sulfide) groups is 1. The number of hydrogen-bond donors (Lipinski definition) is 2. The van der Waals surface area contributed by atoms with Crippen molar-refractivity contribution in [2.75, 3.05) is 17.7 Å². The summed E-state index contributed by atoms with van der Waals surface area (Å²) in [5, 5.41) is 6.44. The standard InChI is InChI=1S/C17H16N4O4S3/c1-3-25-17(24)11-8(2)12(13(18)23)28-16(11)21-10(22)6-27-15-9-4-5-26-14(9)19-7-20-15/h4-5,7H,3,6H2,1-2H3,(H2,18,23)(H,21,22). The second kappa shape index (κ2) is 8.67. The fourth-order valence-electron chi connectivity index (χ4n) is 2.46. The van der Waals surface area contributed by atoms with Crippen LogP contribution in [-0.4, -0.2) is 40.1 Å². The Labute approximate surface area is 172 Å². The molecule has 3 aromatic heterocycles. The van der Waals surface area contributed by atoms with E-state index < -0.39 is 11.9 Å². The molecule has 0 aliphatic carbocycles. The van der Waals surface area contributed by atoms with Crippen LogP contribution in [0.25, 0.3) is 10.2 Å². The van der Waals surface area contributed by atoms with Crippen molar-refractivity contribution in [1.82, 2.24) is 9.97 Å². The number of thiophene rings is 2. The highest BCUT2D eigenvalue weighted by molar-refractivity contribution is 8.00. The van der Waals surface area contributed by atoms with Gasteiger partial charge in [-0.25, -0.2) is 14.8 Å². The number of nitrogens with two attached hydrogens (primary N) is 1. The zero-order valence-electron chi connectivity index (χ0n) is 15.0. The first-order valence-corrected chi connectivity index (χ1v) is 10.8. The third-order valence-electron chi connectivity index (χ3n) is 3.67. The van der Waals surface area contributed by atoms with E-state index in [4.69, 9.17) is 10.5 Å². The SMILES string of the molecule is CCOC(=O)c1c(NC(=O)CSc2ncnc3sccc23)sc(C(N)=O)c1C. The highest BCUT2D eigenvalue weighted by Gasteiger charge is 2.25. The molecule has 0 radical (unpaired) electrons. The maximum atomic E-state index is 12.4. The number of primary amides is 1. The number of ether oxygens (including phenoxy) is 1. The molecule has 3 N–H and O–H groups in total. The average Bonchev–Trinajstić information content (AvgIpc) is 3.25. The highest BCUT2D eigenvalue weighted by atomic mass is 32.2. The summed E-state index contributed by atoms with van der Waals surface area (Å²) in [5.41, 5.74) is 5.92. The van der Waals surface area contributed by atoms with Crippen LogP contribution in [0.2, 0.25) is 0 Å². The van der Waals surface area contributed by atoms with E-state index in [1.807, 2.05) is 11.4 Å². The highest BCUT2D eigenvalue weighted by Crippen LogP contribution is 2.34. The fraction of sp³-hybridized carbons (Fsp3) is 0.235. The Morgan fingerprint density at radius 3 is 2.82 bits per heavy atom. The minimum atomic E-state index is -0.663. The van der Waals surface area contributed by atoms with E-state index in [1.54, 1.807) is 13.8 Å². The number of nitrogens with zero attached hydrogens (tertiary/aromatic N) is 2. The van der Waals surface area contributed by atoms with Crippen LogP contribution < -0.4 is 11.1 Å². The van der Waals surface area contributed by atoms with Crippen LogP contribution in [0.3, 0.4) is 0 Å². The molecule has 0 aliphatic rings. The molecule has 0 atom stereocenters. The Bertz CT molecular complexity index is 1060. The molecule has 0 fully saturated rings. The van der Waals surface area contributed by atoms with Crippen LogP contribution in [0.4, 0.5) is 5.00 Å². The minimum absolute atomic E-state index is 0.0765. The van der Waals surface area contributed by atoms with E-state index in [1.165, 1.54) is 29.4 Å². The zero-order chi connectivity index (χ0) is 20.3. The maximum absolute atomic E-state index is 12.4. The van der Waals surface area contributed by atoms with Crippen molar-refractivity contribution in [2.45, 2.75) is 18.9 Å². The molecule has 3 aromatic rings. The Morgan fingerprint density at radius 1 is 1.32 bits per heavy atom. The lowest BCUT2D eigenvalue weighted by molar-refractivity contribution is -0.113. The van der Waals surface area contributed by atoms with Crippen molar-refractivity contribution < 1.29 is 19.1 Å². The number of nitrogens with one attached hydrogen (secondary N) is 1. The maximum Gasteiger partial charge on any atom is 0.341 e. The van der Waals surface area contributed by atoms with Gasteiger partial charge in [-0.3, -0.25) is 9.59 Å². The molecule has 0 unspecified atom stereocenters. The van der Waals surface area contributed by atoms with Crippen molar-refractivity contribution >= 4 is 67.4 Å². The first kappa shape index (κ1) is 20.2. The number of rotatable bonds is 7. The fourth-order valence-corrected chi connectivity index (χ4v) is 5.11. The van der Waals surface area contributed by atoms with Gasteiger partial charge in [0.15, 0.2) is 0 Å². The first-order valence-electron chi connectivity index (χ1n) is 8.13. The van der Waals surface area contributed by atoms with Crippen molar-refractivity contribution in [3.8, 4) is 0 Å². The molecule has 8 nitrogen and oxygen atoms in total. The van der Waals surface area contributed by atoms with Crippen molar-refractivity contribution in [3.05, 3.63) is 33.8 Å². The smallest absolute Gasteiger partial charge is 0.341 e. The summed E-state index contributed by atoms with van der Waals surface area (Å²) in [6.07, 6.45) is 1.46. The monoisotopic (exact) mass is 436 g/mol. The molecule has 11 heteroatoms. The van der Waals surface area contributed by atoms with Crippen LogP contribution in [0, 0.1) is 6.92 Å². The van der Waals surface area contributed by atoms with E-state index >= 15 is 0 Å². The summed E-state index contributed by atoms with van der Waals surface area (Å²) in [5.74, 6) is -1.53. The molecule has 0 aromatic carbocycles. The van der Waals surface area contributed by atoms with Gasteiger partial charge in [0.25, 0.3) is 5.91 Å². The Balaban J connectivity index is 1.77. The Hall–Kier alpha value is -2.50. The lowest BCUT2D eigenvalue weighted by Crippen LogP contribution is -2.16. The third-order valence-corrected chi connectivity index (χ3v) is 6.72. The quantitative estimate of drug-likeness (QED) is 0.331. The van der Waals surface area contributed by atoms with Gasteiger partial charge in [-0.15, -0.1) is 22.7 Å². The third kappa shape index (κ3) is 4.16. The number of aromatic nitrogens is 2. The molecule has 0 saturated carbocycles. The van der Waals surface area contributed by atoms with Crippen molar-refractivity contribution in [2.24, 2.45) is 5.73 Å². The number of carbonyl (C=O) groups is 3. The van der Waals surface area contributed by atoms with E-state index in [0.29, 0.717) is 10.6 Å². The molecule has 0 saturated heterocycles. The molecule has 146 valence electrons. The lowest BCUT2D eigenvalue weighted by atomic mass is 10.1. The second-order valence-electron chi connectivity index (χ2n) is 5.50. The van der Waals surface area contributed by atoms with E-state index in [-0.39, 0.29) is 33.7 Å². The first-order chi connectivity index (χ1) is 13.4. The molecule has 2 amide bonds. The summed E-state index contributed by atoms with van der Waals surface area (Å²) in [7, 11) is 0. The predicted octanol–water partition coefficient (Wildman–Crippen LogP) is 3.07. The largest absolute Gasteiger partial charge is 0.462 e. The van der Waals surface area contributed by atoms with Gasteiger partial charge in [-0.2, -0.15) is 0 Å². The van der Waals surface area contributed by atoms with Gasteiger partial charge < -0.3 is 15.8 Å². The molecular weight excluding hydrogens is 420 g/mol. The van der Waals surface area contributed by atoms with Gasteiger partial charge in [0.1, 0.15) is 21.2 Å². The summed E-state index contributed by atoms with van der Waals surface area (Å²) in [4.78, 5) is 45.8. The summed E-state index contributed by atoms with van der Waals surface area (Å²) < 4.78 is 5.04. The summed E-state index contributed by atoms with van der Waals surface area (Å²) >= 11 is 3.72. The van der Waals surface area contributed by atoms with E-state index in [2.05, 4.69) is 15.3 Å². The topological polar surface area (TPSA) is 124 Å². The number of amides is 2. The number of anilines is 1. The number of hydrogen-bond acceptors (Lipinski definition) is 9. The molecule has 0 aliphatic heterocycles. The number of fused-ring (bicyclic) bond motifs is 1. The van der Waals surface area contributed by atoms with Crippen molar-refractivity contribution in [1.29, 1.82) is 0 Å². The van der Waals surface area contributed by atoms with Crippen LogP contribution in [-0.2, 0) is 9.53 Å². The van der Waals surface area contributed by atoms with Crippen LogP contribution in [0.15, 0.2) is 22.8 Å². The average molecular weight is 437 g/mol. The molecule has 28 heavy (non-hydrogen) atoms. The van der Waals surface area contributed by atoms with Crippen LogP contribution in [0.5, 0.6) is 0 Å². The molecule has 3 rings (SSSR count). The van der Waals surface area contributed by atoms with E-state index in [0.717, 1.165) is 21.6 Å². The molecular formula is C17H16N4O4S3. The molecule has 0 spiro atoms. The van der Waals surface area contributed by atoms with Gasteiger partial charge in [-0.05, 0) is 30.9 Å². The van der Waals surface area contributed by atoms with Gasteiger partial charge in [0, 0.05) is 5.39 Å². The van der Waals surface area contributed by atoms with Gasteiger partial charge in [0.2, 0.25) is 5.91 Å². The Morgan fingerprint density at radius 2 is 2.11 bits per heavy atom. The van der Waals surface area contributed by atoms with Crippen LogP contribution >= 0.6 is 34.4 Å². The van der Waals surface area contributed by atoms with Gasteiger partial charge >= 0.3 is 5.97 Å². The van der Waals surface area contributed by atoms with Gasteiger partial charge in [-0.1, -0.05) is 11.8 Å². The Kier molecular flexibility index (Phi) is 6.27. The second-order valence-corrected chi connectivity index (χ2v) is 8.38. The van der Waals surface area contributed by atoms with Gasteiger partial charge in [0.05, 0.1) is 22.8 Å².